The number of sulfone groups is 1. The van der Waals surface area contributed by atoms with Gasteiger partial charge in [0.25, 0.3) is 0 Å². The van der Waals surface area contributed by atoms with Crippen LogP contribution in [-0.4, -0.2) is 70.8 Å². The van der Waals surface area contributed by atoms with Crippen molar-refractivity contribution in [1.82, 2.24) is 10.2 Å². The lowest BCUT2D eigenvalue weighted by Gasteiger charge is -2.28. The van der Waals surface area contributed by atoms with Crippen LogP contribution in [0.15, 0.2) is 18.2 Å². The quantitative estimate of drug-likeness (QED) is 0.758. The van der Waals surface area contributed by atoms with Crippen molar-refractivity contribution in [2.45, 2.75) is 12.2 Å². The summed E-state index contributed by atoms with van der Waals surface area (Å²) in [6.45, 7) is -0.0824. The molecule has 1 N–H and O–H groups in total. The number of rotatable bonds is 6. The first-order chi connectivity index (χ1) is 12.6. The lowest BCUT2D eigenvalue weighted by Crippen LogP contribution is -2.47. The normalized spacial score (nSPS) is 18.6. The van der Waals surface area contributed by atoms with Crippen molar-refractivity contribution in [1.29, 1.82) is 0 Å². The molecule has 0 aromatic heterocycles. The molecule has 0 saturated carbocycles. The first-order valence-corrected chi connectivity index (χ1v) is 9.88. The third-order valence-electron chi connectivity index (χ3n) is 4.18. The number of amides is 1. The first-order valence-electron chi connectivity index (χ1n) is 8.06. The van der Waals surface area contributed by atoms with Crippen molar-refractivity contribution < 1.29 is 35.9 Å². The monoisotopic (exact) mass is 410 g/mol. The molecule has 0 bridgehead atoms. The molecule has 1 saturated heterocycles. The molecule has 1 aromatic rings. The van der Waals surface area contributed by atoms with Crippen LogP contribution in [0, 0.1) is 0 Å². The van der Waals surface area contributed by atoms with Gasteiger partial charge in [0.15, 0.2) is 27.4 Å². The fourth-order valence-corrected chi connectivity index (χ4v) is 3.98. The van der Waals surface area contributed by atoms with E-state index in [4.69, 9.17) is 9.47 Å². The van der Waals surface area contributed by atoms with Gasteiger partial charge in [-0.3, -0.25) is 9.69 Å². The van der Waals surface area contributed by atoms with E-state index < -0.39 is 28.0 Å². The molecular weight excluding hydrogens is 389 g/mol. The van der Waals surface area contributed by atoms with E-state index in [1.807, 2.05) is 5.32 Å². The minimum absolute atomic E-state index is 0.111. The molecule has 1 fully saturated rings. The Morgan fingerprint density at radius 1 is 1.19 bits per heavy atom. The van der Waals surface area contributed by atoms with Gasteiger partial charge in [0, 0.05) is 13.1 Å². The third kappa shape index (κ3) is 5.73. The largest absolute Gasteiger partial charge is 0.493 e. The number of nitrogens with zero attached hydrogens (tertiary/aromatic N) is 1. The zero-order valence-corrected chi connectivity index (χ0v) is 15.7. The number of ether oxygens (including phenoxy) is 2. The van der Waals surface area contributed by atoms with E-state index in [9.17, 15) is 26.4 Å². The molecule has 0 radical (unpaired) electrons. The Kier molecular flexibility index (Phi) is 6.58. The number of benzene rings is 1. The van der Waals surface area contributed by atoms with E-state index in [1.54, 1.807) is 0 Å². The highest BCUT2D eigenvalue weighted by atomic mass is 32.2. The summed E-state index contributed by atoms with van der Waals surface area (Å²) < 4.78 is 73.3. The second kappa shape index (κ2) is 8.34. The molecule has 0 unspecified atom stereocenters. The Morgan fingerprint density at radius 3 is 2.30 bits per heavy atom. The van der Waals surface area contributed by atoms with Gasteiger partial charge in [-0.05, 0) is 17.7 Å². The molecule has 152 valence electrons. The maximum absolute atomic E-state index is 13.5. The number of nitrogens with one attached hydrogen (secondary N) is 1. The van der Waals surface area contributed by atoms with Crippen LogP contribution in [-0.2, 0) is 14.6 Å². The van der Waals surface area contributed by atoms with E-state index in [1.165, 1.54) is 31.3 Å². The minimum Gasteiger partial charge on any atom is -0.493 e. The van der Waals surface area contributed by atoms with Crippen LogP contribution in [0.4, 0.5) is 13.2 Å². The summed E-state index contributed by atoms with van der Waals surface area (Å²) in [4.78, 5) is 13.6. The molecule has 2 rings (SSSR count). The van der Waals surface area contributed by atoms with Crippen LogP contribution >= 0.6 is 0 Å². The molecular formula is C16H21F3N2O5S. The Labute approximate surface area is 155 Å². The third-order valence-corrected chi connectivity index (χ3v) is 5.79. The molecule has 1 aromatic carbocycles. The van der Waals surface area contributed by atoms with Crippen LogP contribution in [0.1, 0.15) is 11.6 Å². The van der Waals surface area contributed by atoms with Gasteiger partial charge < -0.3 is 14.8 Å². The lowest BCUT2D eigenvalue weighted by molar-refractivity contribution is -0.163. The number of halogens is 3. The van der Waals surface area contributed by atoms with Gasteiger partial charge in [0.2, 0.25) is 5.91 Å². The number of carbonyl (C=O) groups is 1. The average molecular weight is 410 g/mol. The lowest BCUT2D eigenvalue weighted by atomic mass is 10.1. The SMILES string of the molecule is COc1ccc([C@H](NC(=O)CN2CCS(=O)(=O)CC2)C(F)(F)F)cc1OC. The highest BCUT2D eigenvalue weighted by Gasteiger charge is 2.42. The molecule has 1 aliphatic heterocycles. The van der Waals surface area contributed by atoms with Gasteiger partial charge >= 0.3 is 6.18 Å². The van der Waals surface area contributed by atoms with Gasteiger partial charge in [0.05, 0.1) is 32.3 Å². The van der Waals surface area contributed by atoms with Crippen LogP contribution in [0.5, 0.6) is 11.5 Å². The van der Waals surface area contributed by atoms with Gasteiger partial charge in [-0.25, -0.2) is 8.42 Å². The van der Waals surface area contributed by atoms with E-state index in [2.05, 4.69) is 0 Å². The van der Waals surface area contributed by atoms with Crippen LogP contribution in [0.3, 0.4) is 0 Å². The molecule has 1 atom stereocenters. The maximum atomic E-state index is 13.5. The van der Waals surface area contributed by atoms with Gasteiger partial charge in [-0.15, -0.1) is 0 Å². The zero-order chi connectivity index (χ0) is 20.2. The Morgan fingerprint density at radius 2 is 1.78 bits per heavy atom. The van der Waals surface area contributed by atoms with Crippen molar-refractivity contribution in [3.63, 3.8) is 0 Å². The first kappa shape index (κ1) is 21.3. The predicted octanol–water partition coefficient (Wildman–Crippen LogP) is 1.15. The highest BCUT2D eigenvalue weighted by Crippen LogP contribution is 2.37. The Bertz CT molecular complexity index is 769. The fraction of sp³-hybridized carbons (Fsp3) is 0.562. The summed E-state index contributed by atoms with van der Waals surface area (Å²) in [5, 5.41) is 1.98. The standard InChI is InChI=1S/C16H21F3N2O5S/c1-25-12-4-3-11(9-13(12)26-2)15(16(17,18)19)20-14(22)10-21-5-7-27(23,24)8-6-21/h3-4,9,15H,5-8,10H2,1-2H3,(H,20,22)/t15-/m0/s1. The fourth-order valence-electron chi connectivity index (χ4n) is 2.70. The molecule has 0 aliphatic carbocycles. The number of carbonyl (C=O) groups excluding carboxylic acids is 1. The molecule has 1 amide bonds. The van der Waals surface area contributed by atoms with Crippen molar-refractivity contribution in [2.24, 2.45) is 0 Å². The molecule has 1 heterocycles. The summed E-state index contributed by atoms with van der Waals surface area (Å²) >= 11 is 0. The minimum atomic E-state index is -4.72. The number of hydrogen-bond acceptors (Lipinski definition) is 6. The second-order valence-electron chi connectivity index (χ2n) is 6.08. The molecule has 27 heavy (non-hydrogen) atoms. The highest BCUT2D eigenvalue weighted by molar-refractivity contribution is 7.91. The topological polar surface area (TPSA) is 84.9 Å². The summed E-state index contributed by atoms with van der Waals surface area (Å²) in [6, 6.07) is 1.46. The molecule has 1 aliphatic rings. The van der Waals surface area contributed by atoms with Gasteiger partial charge in [-0.1, -0.05) is 6.07 Å². The number of methoxy groups -OCH3 is 2. The maximum Gasteiger partial charge on any atom is 0.412 e. The van der Waals surface area contributed by atoms with Crippen LogP contribution in [0.25, 0.3) is 0 Å². The van der Waals surface area contributed by atoms with Crippen molar-refractivity contribution in [2.75, 3.05) is 45.4 Å². The zero-order valence-electron chi connectivity index (χ0n) is 14.9. The van der Waals surface area contributed by atoms with Crippen molar-refractivity contribution in [3.8, 4) is 11.5 Å². The Hall–Kier alpha value is -2.01. The summed E-state index contributed by atoms with van der Waals surface area (Å²) in [5.41, 5.74) is -0.199. The average Bonchev–Trinajstić information content (AvgIpc) is 2.60. The summed E-state index contributed by atoms with van der Waals surface area (Å²) in [7, 11) is -0.475. The summed E-state index contributed by atoms with van der Waals surface area (Å²) in [5.74, 6) is -0.689. The number of hydrogen-bond donors (Lipinski definition) is 1. The van der Waals surface area contributed by atoms with Gasteiger partial charge in [-0.2, -0.15) is 13.2 Å². The molecule has 0 spiro atoms. The van der Waals surface area contributed by atoms with E-state index in [0.717, 1.165) is 6.07 Å². The molecule has 7 nitrogen and oxygen atoms in total. The van der Waals surface area contributed by atoms with E-state index >= 15 is 0 Å². The summed E-state index contributed by atoms with van der Waals surface area (Å²) in [6.07, 6.45) is -4.72. The predicted molar refractivity (Wildman–Crippen MR) is 91.6 cm³/mol. The van der Waals surface area contributed by atoms with E-state index in [-0.39, 0.29) is 48.2 Å². The van der Waals surface area contributed by atoms with Gasteiger partial charge in [0.1, 0.15) is 0 Å². The van der Waals surface area contributed by atoms with Crippen LogP contribution < -0.4 is 14.8 Å². The second-order valence-corrected chi connectivity index (χ2v) is 8.39. The van der Waals surface area contributed by atoms with Crippen LogP contribution in [0.2, 0.25) is 0 Å². The Balaban J connectivity index is 2.12. The number of alkyl halides is 3. The molecule has 11 heteroatoms. The van der Waals surface area contributed by atoms with E-state index in [0.29, 0.717) is 0 Å². The van der Waals surface area contributed by atoms with Crippen molar-refractivity contribution in [3.05, 3.63) is 23.8 Å². The van der Waals surface area contributed by atoms with Crippen molar-refractivity contribution >= 4 is 15.7 Å². The smallest absolute Gasteiger partial charge is 0.412 e.